The third-order valence-electron chi connectivity index (χ3n) is 4.63. The molecular formula is C19H19N3O4S. The molecule has 2 aliphatic heterocycles. The number of sulfonamides is 1. The summed E-state index contributed by atoms with van der Waals surface area (Å²) in [6.07, 6.45) is 1.22. The second-order valence-electron chi connectivity index (χ2n) is 6.62. The fraction of sp³-hybridized carbons (Fsp3) is 0.211. The number of carbonyl (C=O) groups excluding carboxylic acids is 1. The average molecular weight is 385 g/mol. The van der Waals surface area contributed by atoms with Gasteiger partial charge in [-0.3, -0.25) is 15.1 Å². The Morgan fingerprint density at radius 2 is 1.81 bits per heavy atom. The van der Waals surface area contributed by atoms with Gasteiger partial charge < -0.3 is 4.90 Å². The minimum atomic E-state index is -3.84. The number of benzene rings is 2. The van der Waals surface area contributed by atoms with Crippen LogP contribution in [0.25, 0.3) is 5.70 Å². The number of anilines is 1. The molecule has 0 fully saturated rings. The molecule has 0 unspecified atom stereocenters. The van der Waals surface area contributed by atoms with Crippen LogP contribution in [0.4, 0.5) is 5.69 Å². The quantitative estimate of drug-likeness (QED) is 0.865. The summed E-state index contributed by atoms with van der Waals surface area (Å²) in [6.45, 7) is -0.0812. The molecule has 27 heavy (non-hydrogen) atoms. The van der Waals surface area contributed by atoms with E-state index < -0.39 is 22.0 Å². The number of hydroxylamine groups is 1. The van der Waals surface area contributed by atoms with Crippen molar-refractivity contribution in [2.24, 2.45) is 0 Å². The zero-order valence-corrected chi connectivity index (χ0v) is 15.7. The highest BCUT2D eigenvalue weighted by Crippen LogP contribution is 2.31. The Morgan fingerprint density at radius 1 is 1.11 bits per heavy atom. The van der Waals surface area contributed by atoms with Crippen LogP contribution in [0.5, 0.6) is 0 Å². The van der Waals surface area contributed by atoms with Crippen molar-refractivity contribution < 1.29 is 18.0 Å². The third-order valence-corrected chi connectivity index (χ3v) is 6.43. The summed E-state index contributed by atoms with van der Waals surface area (Å²) in [5.74, 6) is -0.522. The Morgan fingerprint density at radius 3 is 2.48 bits per heavy atom. The van der Waals surface area contributed by atoms with E-state index in [1.807, 2.05) is 43.3 Å². The molecule has 4 rings (SSSR count). The van der Waals surface area contributed by atoms with Crippen molar-refractivity contribution in [3.63, 3.8) is 0 Å². The van der Waals surface area contributed by atoms with E-state index in [0.29, 0.717) is 0 Å². The monoisotopic (exact) mass is 385 g/mol. The van der Waals surface area contributed by atoms with Crippen molar-refractivity contribution in [1.29, 1.82) is 0 Å². The van der Waals surface area contributed by atoms with Gasteiger partial charge in [0.15, 0.2) is 0 Å². The lowest BCUT2D eigenvalue weighted by molar-refractivity contribution is 0.0389. The Bertz CT molecular complexity index is 1030. The summed E-state index contributed by atoms with van der Waals surface area (Å²) in [4.78, 5) is 20.0. The van der Waals surface area contributed by atoms with Gasteiger partial charge in [-0.05, 0) is 35.9 Å². The number of rotatable bonds is 4. The van der Waals surface area contributed by atoms with Crippen molar-refractivity contribution in [2.75, 3.05) is 25.5 Å². The zero-order chi connectivity index (χ0) is 19.2. The first-order valence-electron chi connectivity index (χ1n) is 8.45. The highest BCUT2D eigenvalue weighted by atomic mass is 32.2. The molecular weight excluding hydrogens is 366 g/mol. The molecule has 0 bridgehead atoms. The predicted molar refractivity (Wildman–Crippen MR) is 101 cm³/mol. The van der Waals surface area contributed by atoms with Gasteiger partial charge in [0.25, 0.3) is 15.9 Å². The number of fused-ring (bicyclic) bond motifs is 1. The molecule has 0 aliphatic carbocycles. The maximum atomic E-state index is 12.6. The van der Waals surface area contributed by atoms with E-state index in [9.17, 15) is 13.2 Å². The minimum Gasteiger partial charge on any atom is -0.378 e. The van der Waals surface area contributed by atoms with Gasteiger partial charge in [-0.25, -0.2) is 12.7 Å². The molecule has 1 atom stereocenters. The number of hydrogen-bond acceptors (Lipinski definition) is 6. The second kappa shape index (κ2) is 6.40. The van der Waals surface area contributed by atoms with Gasteiger partial charge in [-0.2, -0.15) is 0 Å². The largest absolute Gasteiger partial charge is 0.378 e. The molecule has 0 saturated carbocycles. The molecule has 0 radical (unpaired) electrons. The summed E-state index contributed by atoms with van der Waals surface area (Å²) in [5, 5.41) is 0. The Kier molecular flexibility index (Phi) is 4.16. The van der Waals surface area contributed by atoms with Crippen molar-refractivity contribution >= 4 is 27.3 Å². The van der Waals surface area contributed by atoms with Gasteiger partial charge in [0.05, 0.1) is 17.8 Å². The zero-order valence-electron chi connectivity index (χ0n) is 14.9. The van der Waals surface area contributed by atoms with Crippen molar-refractivity contribution in [3.05, 3.63) is 65.7 Å². The van der Waals surface area contributed by atoms with Gasteiger partial charge in [-0.15, -0.1) is 0 Å². The molecule has 7 nitrogen and oxygen atoms in total. The van der Waals surface area contributed by atoms with Crippen LogP contribution in [-0.4, -0.2) is 45.4 Å². The van der Waals surface area contributed by atoms with Crippen LogP contribution in [0.1, 0.15) is 15.9 Å². The van der Waals surface area contributed by atoms with Crippen molar-refractivity contribution in [2.45, 2.75) is 11.0 Å². The lowest BCUT2D eigenvalue weighted by atomic mass is 10.1. The van der Waals surface area contributed by atoms with E-state index in [1.54, 1.807) is 18.2 Å². The first-order chi connectivity index (χ1) is 12.9. The first-order valence-corrected chi connectivity index (χ1v) is 9.89. The normalized spacial score (nSPS) is 20.2. The van der Waals surface area contributed by atoms with Crippen LogP contribution in [0, 0.1) is 0 Å². The van der Waals surface area contributed by atoms with Crippen molar-refractivity contribution in [3.8, 4) is 0 Å². The number of nitrogens with zero attached hydrogens (tertiary/aromatic N) is 2. The molecule has 0 spiro atoms. The molecule has 2 aliphatic rings. The molecule has 1 N–H and O–H groups in total. The van der Waals surface area contributed by atoms with Gasteiger partial charge in [0, 0.05) is 19.8 Å². The molecule has 2 aromatic rings. The van der Waals surface area contributed by atoms with Gasteiger partial charge >= 0.3 is 0 Å². The lowest BCUT2D eigenvalue weighted by Crippen LogP contribution is -2.37. The van der Waals surface area contributed by atoms with Gasteiger partial charge in [0.1, 0.15) is 11.0 Å². The predicted octanol–water partition coefficient (Wildman–Crippen LogP) is 1.84. The van der Waals surface area contributed by atoms with Crippen LogP contribution in [0.3, 0.4) is 0 Å². The summed E-state index contributed by atoms with van der Waals surface area (Å²) in [6, 6.07) is 14.1. The summed E-state index contributed by atoms with van der Waals surface area (Å²) in [5.41, 5.74) is 5.76. The van der Waals surface area contributed by atoms with E-state index in [2.05, 4.69) is 5.48 Å². The molecule has 1 amide bonds. The van der Waals surface area contributed by atoms with Gasteiger partial charge in [0.2, 0.25) is 0 Å². The summed E-state index contributed by atoms with van der Waals surface area (Å²) in [7, 11) is 0.0910. The fourth-order valence-electron chi connectivity index (χ4n) is 3.15. The minimum absolute atomic E-state index is 0.0458. The maximum absolute atomic E-state index is 12.6. The topological polar surface area (TPSA) is 79.0 Å². The maximum Gasteiger partial charge on any atom is 0.269 e. The summed E-state index contributed by atoms with van der Waals surface area (Å²) >= 11 is 0. The van der Waals surface area contributed by atoms with Crippen LogP contribution < -0.4 is 10.4 Å². The van der Waals surface area contributed by atoms with E-state index in [1.165, 1.54) is 12.1 Å². The SMILES string of the molecule is CN(C)c1ccc(C2=C[C@@H](CN3C(=O)c4ccccc4S3(=O)=O)ON2)cc1. The summed E-state index contributed by atoms with van der Waals surface area (Å²) < 4.78 is 26.2. The van der Waals surface area contributed by atoms with E-state index >= 15 is 0 Å². The van der Waals surface area contributed by atoms with Crippen LogP contribution in [-0.2, 0) is 14.9 Å². The molecule has 2 heterocycles. The van der Waals surface area contributed by atoms with Crippen LogP contribution in [0.2, 0.25) is 0 Å². The molecule has 140 valence electrons. The van der Waals surface area contributed by atoms with E-state index in [4.69, 9.17) is 4.84 Å². The fourth-order valence-corrected chi connectivity index (χ4v) is 4.73. The van der Waals surface area contributed by atoms with Crippen LogP contribution in [0.15, 0.2) is 59.5 Å². The highest BCUT2D eigenvalue weighted by Gasteiger charge is 2.42. The third kappa shape index (κ3) is 2.96. The molecule has 0 saturated heterocycles. The number of nitrogens with one attached hydrogen (secondary N) is 1. The molecule has 0 aromatic heterocycles. The van der Waals surface area contributed by atoms with Crippen molar-refractivity contribution in [1.82, 2.24) is 9.79 Å². The Labute approximate surface area is 157 Å². The number of hydrogen-bond donors (Lipinski definition) is 1. The van der Waals surface area contributed by atoms with E-state index in [-0.39, 0.29) is 17.0 Å². The molecule has 2 aromatic carbocycles. The average Bonchev–Trinajstić information content (AvgIpc) is 3.20. The Hall–Kier alpha value is -2.84. The standard InChI is InChI=1S/C19H19N3O4S/c1-21(2)14-9-7-13(8-10-14)17-11-15(26-20-17)12-22-19(23)16-5-3-4-6-18(16)27(22,24)25/h3-11,15,20H,12H2,1-2H3/t15-/m0/s1. The van der Waals surface area contributed by atoms with E-state index in [0.717, 1.165) is 21.3 Å². The van der Waals surface area contributed by atoms with Gasteiger partial charge in [-0.1, -0.05) is 24.3 Å². The number of carbonyl (C=O) groups is 1. The number of amides is 1. The lowest BCUT2D eigenvalue weighted by Gasteiger charge is -2.17. The smallest absolute Gasteiger partial charge is 0.269 e. The highest BCUT2D eigenvalue weighted by molar-refractivity contribution is 7.90. The Balaban J connectivity index is 1.54. The molecule has 8 heteroatoms. The second-order valence-corrected chi connectivity index (χ2v) is 8.45. The van der Waals surface area contributed by atoms with Crippen LogP contribution >= 0.6 is 0 Å². The first kappa shape index (κ1) is 17.6.